The largest absolute Gasteiger partial charge is 0.350 e. The summed E-state index contributed by atoms with van der Waals surface area (Å²) < 4.78 is 1.77. The summed E-state index contributed by atoms with van der Waals surface area (Å²) in [6.45, 7) is 2.90. The first-order valence-corrected chi connectivity index (χ1v) is 9.84. The summed E-state index contributed by atoms with van der Waals surface area (Å²) in [5, 5.41) is 8.12. The fourth-order valence-corrected chi connectivity index (χ4v) is 3.60. The maximum absolute atomic E-state index is 12.5. The van der Waals surface area contributed by atoms with Gasteiger partial charge >= 0.3 is 0 Å². The zero-order valence-electron chi connectivity index (χ0n) is 16.1. The average molecular weight is 409 g/mol. The average Bonchev–Trinajstić information content (AvgIpc) is 3.14. The summed E-state index contributed by atoms with van der Waals surface area (Å²) in [7, 11) is 0. The molecule has 1 N–H and O–H groups in total. The van der Waals surface area contributed by atoms with Crippen LogP contribution in [0, 0.1) is 6.92 Å². The number of rotatable bonds is 5. The van der Waals surface area contributed by atoms with Crippen LogP contribution in [0.3, 0.4) is 0 Å². The Bertz CT molecular complexity index is 1080. The van der Waals surface area contributed by atoms with Crippen LogP contribution in [0.1, 0.15) is 17.5 Å². The van der Waals surface area contributed by atoms with Crippen LogP contribution in [-0.2, 0) is 22.7 Å². The molecule has 0 unspecified atom stereocenters. The molecule has 148 valence electrons. The summed E-state index contributed by atoms with van der Waals surface area (Å²) in [4.78, 5) is 26.5. The van der Waals surface area contributed by atoms with E-state index in [2.05, 4.69) is 10.4 Å². The lowest BCUT2D eigenvalue weighted by Crippen LogP contribution is -2.44. The molecule has 2 aromatic carbocycles. The number of hydrogen-bond donors (Lipinski definition) is 1. The monoisotopic (exact) mass is 408 g/mol. The Morgan fingerprint density at radius 1 is 1.17 bits per heavy atom. The van der Waals surface area contributed by atoms with Crippen LogP contribution in [0.2, 0.25) is 5.02 Å². The van der Waals surface area contributed by atoms with Crippen LogP contribution in [0.15, 0.2) is 54.6 Å². The minimum atomic E-state index is -0.208. The SMILES string of the molecule is Cc1ccccc1CNC(=O)CN1C(=O)CCn2nc(-c3cccc(Cl)c3)cc21. The minimum absolute atomic E-state index is 0.0363. The molecule has 1 aromatic heterocycles. The molecule has 0 atom stereocenters. The van der Waals surface area contributed by atoms with Gasteiger partial charge in [0.2, 0.25) is 11.8 Å². The molecular weight excluding hydrogens is 388 g/mol. The highest BCUT2D eigenvalue weighted by Crippen LogP contribution is 2.29. The van der Waals surface area contributed by atoms with E-state index in [1.54, 1.807) is 10.7 Å². The quantitative estimate of drug-likeness (QED) is 0.701. The molecule has 2 heterocycles. The molecule has 0 fully saturated rings. The van der Waals surface area contributed by atoms with Crippen LogP contribution in [0.25, 0.3) is 11.3 Å². The third-order valence-electron chi connectivity index (χ3n) is 5.03. The molecule has 0 bridgehead atoms. The minimum Gasteiger partial charge on any atom is -0.350 e. The molecule has 6 nitrogen and oxygen atoms in total. The molecule has 3 aromatic rings. The molecule has 2 amide bonds. The first-order valence-electron chi connectivity index (χ1n) is 9.46. The number of anilines is 1. The van der Waals surface area contributed by atoms with Crippen molar-refractivity contribution in [3.8, 4) is 11.3 Å². The van der Waals surface area contributed by atoms with Gasteiger partial charge in [0, 0.05) is 29.6 Å². The molecule has 0 spiro atoms. The van der Waals surface area contributed by atoms with E-state index in [0.717, 1.165) is 22.4 Å². The second-order valence-corrected chi connectivity index (χ2v) is 7.49. The molecule has 0 radical (unpaired) electrons. The van der Waals surface area contributed by atoms with E-state index in [1.165, 1.54) is 4.90 Å². The predicted octanol–water partition coefficient (Wildman–Crippen LogP) is 3.57. The third-order valence-corrected chi connectivity index (χ3v) is 5.27. The number of aromatic nitrogens is 2. The molecule has 1 aliphatic heterocycles. The number of fused-ring (bicyclic) bond motifs is 1. The maximum Gasteiger partial charge on any atom is 0.240 e. The molecule has 7 heteroatoms. The topological polar surface area (TPSA) is 67.2 Å². The lowest BCUT2D eigenvalue weighted by atomic mass is 10.1. The summed E-state index contributed by atoms with van der Waals surface area (Å²) in [5.74, 6) is 0.337. The molecule has 4 rings (SSSR count). The van der Waals surface area contributed by atoms with Crippen LogP contribution in [0.4, 0.5) is 5.82 Å². The van der Waals surface area contributed by atoms with Gasteiger partial charge in [-0.15, -0.1) is 0 Å². The van der Waals surface area contributed by atoms with Crippen molar-refractivity contribution in [3.05, 3.63) is 70.7 Å². The highest BCUT2D eigenvalue weighted by Gasteiger charge is 2.28. The molecule has 0 aliphatic carbocycles. The lowest BCUT2D eigenvalue weighted by Gasteiger charge is -2.26. The van der Waals surface area contributed by atoms with E-state index in [1.807, 2.05) is 55.5 Å². The maximum atomic E-state index is 12.5. The number of hydrogen-bond acceptors (Lipinski definition) is 3. The van der Waals surface area contributed by atoms with E-state index in [4.69, 9.17) is 11.6 Å². The van der Waals surface area contributed by atoms with Crippen molar-refractivity contribution in [2.45, 2.75) is 26.4 Å². The van der Waals surface area contributed by atoms with Gasteiger partial charge in [0.25, 0.3) is 0 Å². The molecule has 0 saturated heterocycles. The Labute approximate surface area is 174 Å². The van der Waals surface area contributed by atoms with Gasteiger partial charge in [0.1, 0.15) is 12.4 Å². The van der Waals surface area contributed by atoms with E-state index < -0.39 is 0 Å². The van der Waals surface area contributed by atoms with E-state index in [-0.39, 0.29) is 18.4 Å². The van der Waals surface area contributed by atoms with Crippen molar-refractivity contribution in [2.24, 2.45) is 0 Å². The van der Waals surface area contributed by atoms with Gasteiger partial charge in [-0.2, -0.15) is 5.10 Å². The van der Waals surface area contributed by atoms with Crippen LogP contribution in [0.5, 0.6) is 0 Å². The number of amides is 2. The summed E-state index contributed by atoms with van der Waals surface area (Å²) in [5.41, 5.74) is 3.77. The van der Waals surface area contributed by atoms with Gasteiger partial charge in [0.05, 0.1) is 12.2 Å². The van der Waals surface area contributed by atoms with Crippen molar-refractivity contribution >= 4 is 29.2 Å². The smallest absolute Gasteiger partial charge is 0.240 e. The number of halogens is 1. The Balaban J connectivity index is 1.50. The Hall–Kier alpha value is -3.12. The molecule has 1 aliphatic rings. The Morgan fingerprint density at radius 2 is 2.00 bits per heavy atom. The number of benzene rings is 2. The highest BCUT2D eigenvalue weighted by molar-refractivity contribution is 6.30. The number of carbonyl (C=O) groups excluding carboxylic acids is 2. The molecule has 0 saturated carbocycles. The van der Waals surface area contributed by atoms with Crippen molar-refractivity contribution < 1.29 is 9.59 Å². The molecular formula is C22H21ClN4O2. The normalized spacial score (nSPS) is 13.3. The van der Waals surface area contributed by atoms with Gasteiger partial charge in [-0.1, -0.05) is 48.0 Å². The van der Waals surface area contributed by atoms with Gasteiger partial charge < -0.3 is 5.32 Å². The van der Waals surface area contributed by atoms with Crippen molar-refractivity contribution in [2.75, 3.05) is 11.4 Å². The standard InChI is InChI=1S/C22H21ClN4O2/c1-15-5-2-3-6-17(15)13-24-20(28)14-26-21-12-19(16-7-4-8-18(23)11-16)25-27(21)10-9-22(26)29/h2-8,11-12H,9-10,13-14H2,1H3,(H,24,28). The lowest BCUT2D eigenvalue weighted by molar-refractivity contribution is -0.124. The zero-order chi connectivity index (χ0) is 20.4. The zero-order valence-corrected chi connectivity index (χ0v) is 16.8. The second kappa shape index (κ2) is 8.09. The van der Waals surface area contributed by atoms with Crippen LogP contribution < -0.4 is 10.2 Å². The van der Waals surface area contributed by atoms with Gasteiger partial charge in [0.15, 0.2) is 0 Å². The number of aryl methyl sites for hydroxylation is 2. The van der Waals surface area contributed by atoms with Crippen molar-refractivity contribution in [1.82, 2.24) is 15.1 Å². The van der Waals surface area contributed by atoms with Crippen molar-refractivity contribution in [1.29, 1.82) is 0 Å². The fraction of sp³-hybridized carbons (Fsp3) is 0.227. The first-order chi connectivity index (χ1) is 14.0. The molecule has 29 heavy (non-hydrogen) atoms. The predicted molar refractivity (Wildman–Crippen MR) is 113 cm³/mol. The van der Waals surface area contributed by atoms with E-state index >= 15 is 0 Å². The Morgan fingerprint density at radius 3 is 2.79 bits per heavy atom. The number of nitrogens with zero attached hydrogens (tertiary/aromatic N) is 3. The number of carbonyl (C=O) groups is 2. The van der Waals surface area contributed by atoms with E-state index in [9.17, 15) is 9.59 Å². The number of nitrogens with one attached hydrogen (secondary N) is 1. The van der Waals surface area contributed by atoms with Crippen molar-refractivity contribution in [3.63, 3.8) is 0 Å². The van der Waals surface area contributed by atoms with Crippen LogP contribution in [-0.4, -0.2) is 28.1 Å². The second-order valence-electron chi connectivity index (χ2n) is 7.05. The summed E-state index contributed by atoms with van der Waals surface area (Å²) >= 11 is 6.09. The first kappa shape index (κ1) is 19.2. The van der Waals surface area contributed by atoms with Crippen LogP contribution >= 0.6 is 11.6 Å². The summed E-state index contributed by atoms with van der Waals surface area (Å²) in [6, 6.07) is 17.1. The third kappa shape index (κ3) is 4.17. The highest BCUT2D eigenvalue weighted by atomic mass is 35.5. The Kier molecular flexibility index (Phi) is 5.36. The van der Waals surface area contributed by atoms with E-state index in [0.29, 0.717) is 30.4 Å². The van der Waals surface area contributed by atoms with Gasteiger partial charge in [-0.05, 0) is 30.2 Å². The van der Waals surface area contributed by atoms with Gasteiger partial charge in [-0.25, -0.2) is 4.68 Å². The fourth-order valence-electron chi connectivity index (χ4n) is 3.41. The van der Waals surface area contributed by atoms with Gasteiger partial charge in [-0.3, -0.25) is 14.5 Å². The summed E-state index contributed by atoms with van der Waals surface area (Å²) in [6.07, 6.45) is 0.314.